The van der Waals surface area contributed by atoms with Crippen molar-refractivity contribution in [3.8, 4) is 5.75 Å². The van der Waals surface area contributed by atoms with Crippen LogP contribution >= 0.6 is 11.6 Å². The predicted molar refractivity (Wildman–Crippen MR) is 127 cm³/mol. The highest BCUT2D eigenvalue weighted by molar-refractivity contribution is 7.91. The van der Waals surface area contributed by atoms with E-state index in [1.54, 1.807) is 36.4 Å². The number of amides is 1. The number of hydrogen-bond acceptors (Lipinski definition) is 6. The number of carbonyl (C=O) groups excluding carboxylic acids is 1. The van der Waals surface area contributed by atoms with Gasteiger partial charge in [0.15, 0.2) is 0 Å². The largest absolute Gasteiger partial charge is 0.492 e. The molecule has 1 amide bonds. The summed E-state index contributed by atoms with van der Waals surface area (Å²) >= 11 is 6.07. The Balaban J connectivity index is 1.41. The fourth-order valence-corrected chi connectivity index (χ4v) is 6.11. The molecule has 2 heterocycles. The van der Waals surface area contributed by atoms with E-state index >= 15 is 0 Å². The van der Waals surface area contributed by atoms with Crippen molar-refractivity contribution >= 4 is 27.3 Å². The van der Waals surface area contributed by atoms with Crippen molar-refractivity contribution in [3.63, 3.8) is 0 Å². The summed E-state index contributed by atoms with van der Waals surface area (Å²) in [6.07, 6.45) is 2.64. The zero-order valence-electron chi connectivity index (χ0n) is 18.6. The number of nitrogens with one attached hydrogen (secondary N) is 3. The molecule has 7 nitrogen and oxygen atoms in total. The van der Waals surface area contributed by atoms with E-state index in [1.807, 2.05) is 6.92 Å². The van der Waals surface area contributed by atoms with Crippen LogP contribution in [0, 0.1) is 5.92 Å². The van der Waals surface area contributed by atoms with Gasteiger partial charge in [-0.1, -0.05) is 30.7 Å². The van der Waals surface area contributed by atoms with E-state index in [0.717, 1.165) is 37.9 Å². The van der Waals surface area contributed by atoms with Crippen LogP contribution < -0.4 is 20.7 Å². The molecule has 3 atom stereocenters. The fraction of sp³-hybridized carbons (Fsp3) is 0.458. The number of halogens is 1. The third-order valence-electron chi connectivity index (χ3n) is 6.24. The molecule has 2 aromatic carbocycles. The highest BCUT2D eigenvalue weighted by atomic mass is 35.5. The summed E-state index contributed by atoms with van der Waals surface area (Å²) < 4.78 is 32.1. The third kappa shape index (κ3) is 5.51. The first-order chi connectivity index (χ1) is 15.9. The van der Waals surface area contributed by atoms with Gasteiger partial charge in [-0.3, -0.25) is 4.79 Å². The van der Waals surface area contributed by atoms with Gasteiger partial charge in [-0.2, -0.15) is 0 Å². The number of ether oxygens (including phenoxy) is 1. The minimum Gasteiger partial charge on any atom is -0.492 e. The summed E-state index contributed by atoms with van der Waals surface area (Å²) in [6.45, 7) is 4.65. The lowest BCUT2D eigenvalue weighted by molar-refractivity contribution is -0.123. The lowest BCUT2D eigenvalue weighted by atomic mass is 9.94. The second-order valence-electron chi connectivity index (χ2n) is 8.62. The lowest BCUT2D eigenvalue weighted by Crippen LogP contribution is -2.45. The van der Waals surface area contributed by atoms with E-state index in [-0.39, 0.29) is 27.5 Å². The van der Waals surface area contributed by atoms with Crippen molar-refractivity contribution < 1.29 is 17.9 Å². The lowest BCUT2D eigenvalue weighted by Gasteiger charge is -2.25. The molecule has 3 unspecified atom stereocenters. The average molecular weight is 492 g/mol. The van der Waals surface area contributed by atoms with E-state index in [9.17, 15) is 13.2 Å². The molecule has 9 heteroatoms. The van der Waals surface area contributed by atoms with Gasteiger partial charge in [-0.25, -0.2) is 8.42 Å². The smallest absolute Gasteiger partial charge is 0.237 e. The first-order valence-corrected chi connectivity index (χ1v) is 13.3. The Labute approximate surface area is 200 Å². The molecule has 33 heavy (non-hydrogen) atoms. The van der Waals surface area contributed by atoms with Crippen molar-refractivity contribution in [1.29, 1.82) is 0 Å². The second-order valence-corrected chi connectivity index (χ2v) is 11.0. The third-order valence-corrected chi connectivity index (χ3v) is 8.26. The van der Waals surface area contributed by atoms with Gasteiger partial charge in [0.25, 0.3) is 0 Å². The standard InChI is InChI=1S/C24H30ClN3O4S/c1-2-11-32-22-8-5-18(25)13-23(22)33(30,31)19-6-3-16(4-7-19)14-27-24(29)21-12-17-15-26-10-9-20(17)28-21/h3-8,13,17,20-21,26,28H,2,9-12,14-15H2,1H3,(H,27,29). The molecule has 0 aromatic heterocycles. The van der Waals surface area contributed by atoms with Gasteiger partial charge in [-0.05, 0) is 74.2 Å². The summed E-state index contributed by atoms with van der Waals surface area (Å²) in [6, 6.07) is 11.4. The van der Waals surface area contributed by atoms with Gasteiger partial charge >= 0.3 is 0 Å². The van der Waals surface area contributed by atoms with E-state index in [2.05, 4.69) is 16.0 Å². The number of rotatable bonds is 8. The summed E-state index contributed by atoms with van der Waals surface area (Å²) in [7, 11) is -3.81. The van der Waals surface area contributed by atoms with Crippen LogP contribution in [0.2, 0.25) is 5.02 Å². The number of piperidine rings is 1. The fourth-order valence-electron chi connectivity index (χ4n) is 4.45. The molecule has 2 fully saturated rings. The highest BCUT2D eigenvalue weighted by Crippen LogP contribution is 2.32. The molecule has 0 aliphatic carbocycles. The molecule has 4 rings (SSSR count). The molecule has 2 aliphatic heterocycles. The number of sulfone groups is 1. The van der Waals surface area contributed by atoms with Gasteiger partial charge in [0.2, 0.25) is 15.7 Å². The second kappa shape index (κ2) is 10.4. The van der Waals surface area contributed by atoms with Crippen molar-refractivity contribution in [2.45, 2.75) is 54.6 Å². The zero-order chi connectivity index (χ0) is 23.4. The predicted octanol–water partition coefficient (Wildman–Crippen LogP) is 2.92. The molecule has 2 aromatic rings. The van der Waals surface area contributed by atoms with Gasteiger partial charge in [0.05, 0.1) is 17.5 Å². The van der Waals surface area contributed by atoms with Crippen LogP contribution in [-0.4, -0.2) is 46.1 Å². The van der Waals surface area contributed by atoms with Crippen LogP contribution in [-0.2, 0) is 21.2 Å². The molecule has 0 bridgehead atoms. The summed E-state index contributed by atoms with van der Waals surface area (Å²) in [5, 5.41) is 10.1. The number of fused-ring (bicyclic) bond motifs is 1. The summed E-state index contributed by atoms with van der Waals surface area (Å²) in [5.41, 5.74) is 0.827. The van der Waals surface area contributed by atoms with Crippen LogP contribution in [0.1, 0.15) is 31.7 Å². The van der Waals surface area contributed by atoms with Crippen molar-refractivity contribution in [1.82, 2.24) is 16.0 Å². The number of benzene rings is 2. The van der Waals surface area contributed by atoms with Crippen LogP contribution in [0.3, 0.4) is 0 Å². The van der Waals surface area contributed by atoms with E-state index in [4.69, 9.17) is 16.3 Å². The van der Waals surface area contributed by atoms with E-state index in [1.165, 1.54) is 6.07 Å². The molecule has 0 radical (unpaired) electrons. The molecule has 2 aliphatic rings. The summed E-state index contributed by atoms with van der Waals surface area (Å²) in [5.74, 6) is 0.770. The molecule has 3 N–H and O–H groups in total. The van der Waals surface area contributed by atoms with Gasteiger partial charge < -0.3 is 20.7 Å². The molecule has 0 spiro atoms. The Hall–Kier alpha value is -2.13. The van der Waals surface area contributed by atoms with Crippen LogP contribution in [0.15, 0.2) is 52.3 Å². The Morgan fingerprint density at radius 3 is 2.73 bits per heavy atom. The van der Waals surface area contributed by atoms with Crippen molar-refractivity contribution in [2.24, 2.45) is 5.92 Å². The maximum Gasteiger partial charge on any atom is 0.237 e. The molecule has 0 saturated carbocycles. The Bertz CT molecular complexity index is 1080. The van der Waals surface area contributed by atoms with Crippen LogP contribution in [0.4, 0.5) is 0 Å². The Morgan fingerprint density at radius 2 is 2.00 bits per heavy atom. The van der Waals surface area contributed by atoms with Crippen LogP contribution in [0.5, 0.6) is 5.75 Å². The Morgan fingerprint density at radius 1 is 1.21 bits per heavy atom. The topological polar surface area (TPSA) is 96.5 Å². The van der Waals surface area contributed by atoms with Crippen molar-refractivity contribution in [3.05, 3.63) is 53.1 Å². The SMILES string of the molecule is CCCOc1ccc(Cl)cc1S(=O)(=O)c1ccc(CNC(=O)C2CC3CNCCC3N2)cc1. The maximum absolute atomic E-state index is 13.2. The molecular weight excluding hydrogens is 462 g/mol. The molecule has 2 saturated heterocycles. The molecule has 178 valence electrons. The maximum atomic E-state index is 13.2. The first kappa shape index (κ1) is 24.0. The van der Waals surface area contributed by atoms with E-state index in [0.29, 0.717) is 30.1 Å². The van der Waals surface area contributed by atoms with E-state index < -0.39 is 9.84 Å². The highest BCUT2D eigenvalue weighted by Gasteiger charge is 2.38. The minimum absolute atomic E-state index is 0.0160. The summed E-state index contributed by atoms with van der Waals surface area (Å²) in [4.78, 5) is 12.8. The van der Waals surface area contributed by atoms with Crippen LogP contribution in [0.25, 0.3) is 0 Å². The van der Waals surface area contributed by atoms with Crippen molar-refractivity contribution in [2.75, 3.05) is 19.7 Å². The molecular formula is C24H30ClN3O4S. The number of hydrogen-bond donors (Lipinski definition) is 3. The number of carbonyl (C=O) groups is 1. The monoisotopic (exact) mass is 491 g/mol. The van der Waals surface area contributed by atoms with Gasteiger partial charge in [0.1, 0.15) is 10.6 Å². The van der Waals surface area contributed by atoms with Gasteiger partial charge in [-0.15, -0.1) is 0 Å². The van der Waals surface area contributed by atoms with Gasteiger partial charge in [0, 0.05) is 17.6 Å². The quantitative estimate of drug-likeness (QED) is 0.525. The average Bonchev–Trinajstić information content (AvgIpc) is 3.26. The normalized spacial score (nSPS) is 22.5. The minimum atomic E-state index is -3.81. The zero-order valence-corrected chi connectivity index (χ0v) is 20.2. The first-order valence-electron chi connectivity index (χ1n) is 11.4. The Kier molecular flexibility index (Phi) is 7.58.